The first kappa shape index (κ1) is 25.7. The second kappa shape index (κ2) is 13.1. The molecule has 0 aliphatic heterocycles. The van der Waals surface area contributed by atoms with Crippen molar-refractivity contribution in [1.82, 2.24) is 19.7 Å². The van der Waals surface area contributed by atoms with Crippen LogP contribution in [0.3, 0.4) is 0 Å². The highest BCUT2D eigenvalue weighted by atomic mass is 32.2. The van der Waals surface area contributed by atoms with Gasteiger partial charge in [-0.3, -0.25) is 9.59 Å². The maximum Gasteiger partial charge on any atom is 0.311 e. The molecule has 9 nitrogen and oxygen atoms in total. The van der Waals surface area contributed by atoms with Gasteiger partial charge in [-0.1, -0.05) is 25.1 Å². The number of carbonyl (C=O) groups excluding carboxylic acids is 2. The molecule has 0 fully saturated rings. The van der Waals surface area contributed by atoms with Crippen molar-refractivity contribution in [3.05, 3.63) is 35.3 Å². The van der Waals surface area contributed by atoms with Gasteiger partial charge in [0, 0.05) is 17.5 Å². The number of benzene rings is 1. The molecular weight excluding hydrogens is 474 g/mol. The Morgan fingerprint density at radius 2 is 1.94 bits per heavy atom. The fourth-order valence-corrected chi connectivity index (χ4v) is 4.55. The lowest BCUT2D eigenvalue weighted by Crippen LogP contribution is -2.15. The summed E-state index contributed by atoms with van der Waals surface area (Å²) in [5, 5.41) is 14.2. The molecule has 0 aliphatic carbocycles. The van der Waals surface area contributed by atoms with E-state index in [1.54, 1.807) is 12.3 Å². The van der Waals surface area contributed by atoms with Gasteiger partial charge in [-0.05, 0) is 44.5 Å². The number of hydrogen-bond acceptors (Lipinski definition) is 9. The maximum atomic E-state index is 12.4. The fraction of sp³-hybridized carbons (Fsp3) is 0.435. The first-order valence-corrected chi connectivity index (χ1v) is 13.1. The van der Waals surface area contributed by atoms with E-state index in [-0.39, 0.29) is 24.1 Å². The third kappa shape index (κ3) is 7.29. The minimum atomic E-state index is -0.338. The van der Waals surface area contributed by atoms with E-state index in [1.807, 2.05) is 35.8 Å². The minimum absolute atomic E-state index is 0.0865. The predicted octanol–water partition coefficient (Wildman–Crippen LogP) is 4.44. The van der Waals surface area contributed by atoms with Crippen molar-refractivity contribution < 1.29 is 19.1 Å². The van der Waals surface area contributed by atoms with E-state index in [1.165, 1.54) is 23.1 Å². The van der Waals surface area contributed by atoms with Crippen LogP contribution in [0.25, 0.3) is 11.4 Å². The first-order chi connectivity index (χ1) is 16.5. The van der Waals surface area contributed by atoms with Crippen LogP contribution >= 0.6 is 23.1 Å². The predicted molar refractivity (Wildman–Crippen MR) is 133 cm³/mol. The number of nitrogens with zero attached hydrogens (tertiary/aromatic N) is 4. The summed E-state index contributed by atoms with van der Waals surface area (Å²) >= 11 is 2.58. The molecule has 0 saturated heterocycles. The number of carbonyl (C=O) groups is 2. The number of hydrogen-bond donors (Lipinski definition) is 1. The van der Waals surface area contributed by atoms with E-state index in [4.69, 9.17) is 9.47 Å². The van der Waals surface area contributed by atoms with Crippen molar-refractivity contribution in [2.75, 3.05) is 24.3 Å². The Hall–Kier alpha value is -2.92. The van der Waals surface area contributed by atoms with Gasteiger partial charge in [0.05, 0.1) is 31.1 Å². The van der Waals surface area contributed by atoms with Gasteiger partial charge in [-0.2, -0.15) is 0 Å². The van der Waals surface area contributed by atoms with Gasteiger partial charge < -0.3 is 19.4 Å². The Bertz CT molecular complexity index is 1080. The lowest BCUT2D eigenvalue weighted by Gasteiger charge is -2.09. The first-order valence-electron chi connectivity index (χ1n) is 11.2. The molecule has 0 spiro atoms. The molecule has 2 aromatic heterocycles. The molecule has 1 aromatic carbocycles. The van der Waals surface area contributed by atoms with Crippen LogP contribution in [0.4, 0.5) is 5.13 Å². The number of unbranched alkanes of at least 4 members (excludes halogenated alkanes) is 1. The molecule has 0 aliphatic rings. The SMILES string of the molecule is CCCCOc1ccc(-c2nnc(SCC(=O)Nc3nc(CC(=O)OCC)cs3)n2CC)cc1. The largest absolute Gasteiger partial charge is 0.494 e. The van der Waals surface area contributed by atoms with Crippen LogP contribution in [-0.2, 0) is 27.3 Å². The number of thioether (sulfide) groups is 1. The third-order valence-electron chi connectivity index (χ3n) is 4.67. The summed E-state index contributed by atoms with van der Waals surface area (Å²) < 4.78 is 12.6. The number of thiazole rings is 1. The van der Waals surface area contributed by atoms with E-state index in [0.717, 1.165) is 30.0 Å². The van der Waals surface area contributed by atoms with Crippen LogP contribution in [0.5, 0.6) is 5.75 Å². The molecule has 34 heavy (non-hydrogen) atoms. The van der Waals surface area contributed by atoms with Gasteiger partial charge in [-0.15, -0.1) is 21.5 Å². The average molecular weight is 504 g/mol. The van der Waals surface area contributed by atoms with Gasteiger partial charge in [0.1, 0.15) is 5.75 Å². The minimum Gasteiger partial charge on any atom is -0.494 e. The number of aromatic nitrogens is 4. The molecule has 0 radical (unpaired) electrons. The quantitative estimate of drug-likeness (QED) is 0.207. The molecule has 0 saturated carbocycles. The molecule has 3 rings (SSSR count). The van der Waals surface area contributed by atoms with Gasteiger partial charge in [-0.25, -0.2) is 4.98 Å². The number of esters is 1. The number of amides is 1. The summed E-state index contributed by atoms with van der Waals surface area (Å²) in [6.45, 7) is 7.60. The number of nitrogens with one attached hydrogen (secondary N) is 1. The molecule has 1 amide bonds. The number of anilines is 1. The third-order valence-corrected chi connectivity index (χ3v) is 6.45. The van der Waals surface area contributed by atoms with Gasteiger partial charge in [0.15, 0.2) is 16.1 Å². The molecule has 0 atom stereocenters. The van der Waals surface area contributed by atoms with Crippen LogP contribution in [0.15, 0.2) is 34.8 Å². The second-order valence-electron chi connectivity index (χ2n) is 7.24. The van der Waals surface area contributed by atoms with Crippen LogP contribution in [0.1, 0.15) is 39.3 Å². The summed E-state index contributed by atoms with van der Waals surface area (Å²) in [5.41, 5.74) is 1.51. The number of ether oxygens (including phenoxy) is 2. The van der Waals surface area contributed by atoms with Crippen LogP contribution in [0, 0.1) is 0 Å². The Morgan fingerprint density at radius 1 is 1.15 bits per heavy atom. The molecule has 11 heteroatoms. The molecule has 2 heterocycles. The molecule has 0 bridgehead atoms. The fourth-order valence-electron chi connectivity index (χ4n) is 3.02. The van der Waals surface area contributed by atoms with Gasteiger partial charge >= 0.3 is 5.97 Å². The highest BCUT2D eigenvalue weighted by Gasteiger charge is 2.16. The van der Waals surface area contributed by atoms with Gasteiger partial charge in [0.25, 0.3) is 0 Å². The summed E-state index contributed by atoms with van der Waals surface area (Å²) in [7, 11) is 0. The normalized spacial score (nSPS) is 10.8. The topological polar surface area (TPSA) is 108 Å². The molecule has 0 unspecified atom stereocenters. The van der Waals surface area contributed by atoms with Crippen LogP contribution < -0.4 is 10.1 Å². The zero-order valence-corrected chi connectivity index (χ0v) is 21.2. The number of rotatable bonds is 13. The van der Waals surface area contributed by atoms with Crippen LogP contribution in [-0.4, -0.2) is 50.6 Å². The molecule has 1 N–H and O–H groups in total. The summed E-state index contributed by atoms with van der Waals surface area (Å²) in [4.78, 5) is 28.3. The summed E-state index contributed by atoms with van der Waals surface area (Å²) in [5.74, 6) is 1.19. The Balaban J connectivity index is 1.56. The van der Waals surface area contributed by atoms with E-state index in [0.29, 0.717) is 35.7 Å². The van der Waals surface area contributed by atoms with Crippen molar-refractivity contribution >= 4 is 40.1 Å². The Morgan fingerprint density at radius 3 is 2.65 bits per heavy atom. The van der Waals surface area contributed by atoms with Crippen molar-refractivity contribution in [1.29, 1.82) is 0 Å². The summed E-state index contributed by atoms with van der Waals surface area (Å²) in [6, 6.07) is 7.80. The van der Waals surface area contributed by atoms with E-state index >= 15 is 0 Å². The smallest absolute Gasteiger partial charge is 0.311 e. The lowest BCUT2D eigenvalue weighted by molar-refractivity contribution is -0.142. The standard InChI is InChI=1S/C23H29N5O4S2/c1-4-7-12-32-18-10-8-16(9-11-18)21-26-27-23(28(21)5-2)34-15-19(29)25-22-24-17(14-33-22)13-20(30)31-6-3/h8-11,14H,4-7,12-13,15H2,1-3H3,(H,24,25,29). The Kier molecular flexibility index (Phi) is 9.89. The Labute approximate surface area is 207 Å². The van der Waals surface area contributed by atoms with Crippen LogP contribution in [0.2, 0.25) is 0 Å². The van der Waals surface area contributed by atoms with E-state index in [2.05, 4.69) is 27.4 Å². The van der Waals surface area contributed by atoms with Gasteiger partial charge in [0.2, 0.25) is 5.91 Å². The highest BCUT2D eigenvalue weighted by Crippen LogP contribution is 2.26. The molecule has 3 aromatic rings. The van der Waals surface area contributed by atoms with Crippen molar-refractivity contribution in [2.24, 2.45) is 0 Å². The average Bonchev–Trinajstić information content (AvgIpc) is 3.44. The zero-order valence-electron chi connectivity index (χ0n) is 19.6. The maximum absolute atomic E-state index is 12.4. The van der Waals surface area contributed by atoms with Crippen molar-refractivity contribution in [3.8, 4) is 17.1 Å². The molecule has 182 valence electrons. The summed E-state index contributed by atoms with van der Waals surface area (Å²) in [6.07, 6.45) is 2.21. The highest BCUT2D eigenvalue weighted by molar-refractivity contribution is 7.99. The lowest BCUT2D eigenvalue weighted by atomic mass is 10.2. The van der Waals surface area contributed by atoms with Crippen molar-refractivity contribution in [3.63, 3.8) is 0 Å². The van der Waals surface area contributed by atoms with E-state index in [9.17, 15) is 9.59 Å². The zero-order chi connectivity index (χ0) is 24.3. The van der Waals surface area contributed by atoms with Crippen molar-refractivity contribution in [2.45, 2.75) is 51.7 Å². The second-order valence-corrected chi connectivity index (χ2v) is 9.04. The molecular formula is C23H29N5O4S2. The van der Waals surface area contributed by atoms with E-state index < -0.39 is 0 Å². The monoisotopic (exact) mass is 503 g/mol.